The van der Waals surface area contributed by atoms with Gasteiger partial charge < -0.3 is 15.0 Å². The molecular weight excluding hydrogens is 542 g/mol. The van der Waals surface area contributed by atoms with Crippen LogP contribution in [-0.4, -0.2) is 40.4 Å². The second kappa shape index (κ2) is 6.02. The summed E-state index contributed by atoms with van der Waals surface area (Å²) in [6.07, 6.45) is 4.96. The number of nitrogens with one attached hydrogen (secondary N) is 1. The zero-order chi connectivity index (χ0) is 19.1. The molecule has 1 spiro atoms. The number of halogens is 3. The number of aliphatic hydroxyl groups is 1. The van der Waals surface area contributed by atoms with E-state index in [1.165, 1.54) is 0 Å². The summed E-state index contributed by atoms with van der Waals surface area (Å²) in [5.41, 5.74) is 4.77. The predicted molar refractivity (Wildman–Crippen MR) is 115 cm³/mol. The first-order chi connectivity index (χ1) is 12.9. The molecule has 3 heterocycles. The minimum absolute atomic E-state index is 0.00884. The number of aliphatic hydroxyl groups excluding tert-OH is 1. The Labute approximate surface area is 181 Å². The molecule has 27 heavy (non-hydrogen) atoms. The van der Waals surface area contributed by atoms with Crippen molar-refractivity contribution in [1.82, 2.24) is 9.88 Å². The van der Waals surface area contributed by atoms with Crippen LogP contribution in [-0.2, 0) is 13.5 Å². The van der Waals surface area contributed by atoms with Gasteiger partial charge in [-0.2, -0.15) is 0 Å². The summed E-state index contributed by atoms with van der Waals surface area (Å²) in [5.74, 6) is 0.00884. The van der Waals surface area contributed by atoms with Crippen molar-refractivity contribution in [3.05, 3.63) is 53.8 Å². The van der Waals surface area contributed by atoms with Crippen molar-refractivity contribution in [2.45, 2.75) is 18.9 Å². The number of fused-ring (bicyclic) bond motifs is 2. The fraction of sp³-hybridized carbons (Fsp3) is 0.368. The summed E-state index contributed by atoms with van der Waals surface area (Å²) >= 11 is 10.7. The third-order valence-electron chi connectivity index (χ3n) is 5.83. The van der Waals surface area contributed by atoms with E-state index in [1.807, 2.05) is 23.8 Å². The maximum atomic E-state index is 13.4. The molecular formula is C19H16Br3N3O2. The number of carbonyl (C=O) groups is 1. The lowest BCUT2D eigenvalue weighted by atomic mass is 9.66. The minimum Gasteiger partial charge on any atom is -0.383 e. The molecule has 0 bridgehead atoms. The summed E-state index contributed by atoms with van der Waals surface area (Å²) in [6.45, 7) is 1.37. The van der Waals surface area contributed by atoms with Gasteiger partial charge in [0.1, 0.15) is 11.8 Å². The number of hydrogen-bond donors (Lipinski definition) is 2. The second-order valence-corrected chi connectivity index (χ2v) is 9.87. The molecule has 5 nitrogen and oxygen atoms in total. The van der Waals surface area contributed by atoms with Gasteiger partial charge in [0.25, 0.3) is 0 Å². The number of Topliss-reactive ketones (excluding diaryl/α,β-unsaturated/α-hetero) is 1. The molecule has 0 saturated carbocycles. The van der Waals surface area contributed by atoms with Gasteiger partial charge in [0.15, 0.2) is 0 Å². The van der Waals surface area contributed by atoms with Crippen LogP contribution in [0.4, 0.5) is 0 Å². The van der Waals surface area contributed by atoms with E-state index in [9.17, 15) is 9.90 Å². The van der Waals surface area contributed by atoms with E-state index in [4.69, 9.17) is 4.99 Å². The monoisotopic (exact) mass is 555 g/mol. The number of rotatable bonds is 0. The Morgan fingerprint density at radius 2 is 2.00 bits per heavy atom. The molecule has 0 fully saturated rings. The van der Waals surface area contributed by atoms with Crippen LogP contribution in [0.2, 0.25) is 0 Å². The Morgan fingerprint density at radius 3 is 2.70 bits per heavy atom. The summed E-state index contributed by atoms with van der Waals surface area (Å²) in [5, 5.41) is 13.7. The maximum absolute atomic E-state index is 13.4. The molecule has 0 aromatic carbocycles. The van der Waals surface area contributed by atoms with Gasteiger partial charge in [-0.25, -0.2) is 0 Å². The number of aromatic nitrogens is 1. The second-order valence-electron chi connectivity index (χ2n) is 7.29. The molecule has 2 N–H and O–H groups in total. The average Bonchev–Trinajstić information content (AvgIpc) is 2.90. The highest BCUT2D eigenvalue weighted by Crippen LogP contribution is 2.51. The van der Waals surface area contributed by atoms with E-state index in [0.29, 0.717) is 33.4 Å². The van der Waals surface area contributed by atoms with Gasteiger partial charge in [-0.15, -0.1) is 0 Å². The predicted octanol–water partition coefficient (Wildman–Crippen LogP) is 3.50. The van der Waals surface area contributed by atoms with Crippen LogP contribution in [0, 0.1) is 5.41 Å². The van der Waals surface area contributed by atoms with Crippen molar-refractivity contribution in [2.75, 3.05) is 13.1 Å². The highest BCUT2D eigenvalue weighted by molar-refractivity contribution is 9.12. The zero-order valence-electron chi connectivity index (χ0n) is 14.4. The van der Waals surface area contributed by atoms with E-state index in [1.54, 1.807) is 0 Å². The Kier molecular flexibility index (Phi) is 4.03. The number of hydrogen-bond acceptors (Lipinski definition) is 4. The van der Waals surface area contributed by atoms with Gasteiger partial charge in [-0.05, 0) is 34.3 Å². The molecule has 2 aliphatic heterocycles. The van der Waals surface area contributed by atoms with Crippen molar-refractivity contribution in [3.8, 4) is 0 Å². The topological polar surface area (TPSA) is 66.6 Å². The summed E-state index contributed by atoms with van der Waals surface area (Å²) < 4.78 is 4.29. The van der Waals surface area contributed by atoms with Crippen LogP contribution >= 0.6 is 47.8 Å². The summed E-state index contributed by atoms with van der Waals surface area (Å²) in [4.78, 5) is 18.3. The number of ketones is 1. The highest BCUT2D eigenvalue weighted by Gasteiger charge is 2.48. The lowest BCUT2D eigenvalue weighted by molar-refractivity contribution is 0.101. The van der Waals surface area contributed by atoms with E-state index in [0.717, 1.165) is 39.9 Å². The maximum Gasteiger partial charge on any atom is 0.226 e. The molecule has 0 saturated heterocycles. The van der Waals surface area contributed by atoms with Crippen LogP contribution in [0.1, 0.15) is 28.0 Å². The van der Waals surface area contributed by atoms with Gasteiger partial charge in [0, 0.05) is 45.7 Å². The number of aliphatic imine (C=N–C) groups is 1. The molecule has 8 heteroatoms. The SMILES string of the molecule is Cn1c(Br)c2c3c1C(=O)C1=C(C3=NCC2)C2(C=C(Br)C(O)C(Br)=C2)CCN1. The van der Waals surface area contributed by atoms with Crippen molar-refractivity contribution in [2.24, 2.45) is 17.5 Å². The molecule has 0 atom stereocenters. The first-order valence-corrected chi connectivity index (χ1v) is 11.1. The molecule has 4 aliphatic rings. The lowest BCUT2D eigenvalue weighted by Crippen LogP contribution is -2.45. The van der Waals surface area contributed by atoms with Crippen LogP contribution in [0.3, 0.4) is 0 Å². The fourth-order valence-corrected chi connectivity index (χ4v) is 6.82. The van der Waals surface area contributed by atoms with Crippen molar-refractivity contribution in [3.63, 3.8) is 0 Å². The lowest BCUT2D eigenvalue weighted by Gasteiger charge is -2.42. The largest absolute Gasteiger partial charge is 0.383 e. The Balaban J connectivity index is 1.82. The van der Waals surface area contributed by atoms with Gasteiger partial charge in [-0.3, -0.25) is 9.79 Å². The van der Waals surface area contributed by atoms with Crippen LogP contribution < -0.4 is 5.32 Å². The van der Waals surface area contributed by atoms with Gasteiger partial charge in [0.05, 0.1) is 16.0 Å². The fourth-order valence-electron chi connectivity index (χ4n) is 4.63. The molecule has 1 aromatic heterocycles. The zero-order valence-corrected chi connectivity index (χ0v) is 19.2. The van der Waals surface area contributed by atoms with Gasteiger partial charge in [0.2, 0.25) is 5.78 Å². The number of nitrogens with zero attached hydrogens (tertiary/aromatic N) is 2. The molecule has 0 radical (unpaired) electrons. The summed E-state index contributed by atoms with van der Waals surface area (Å²) in [6, 6.07) is 0. The Hall–Kier alpha value is -0.960. The normalized spacial score (nSPS) is 29.0. The molecule has 0 amide bonds. The molecule has 140 valence electrons. The first-order valence-electron chi connectivity index (χ1n) is 8.76. The molecule has 0 unspecified atom stereocenters. The van der Waals surface area contributed by atoms with Crippen LogP contribution in [0.5, 0.6) is 0 Å². The molecule has 5 rings (SSSR count). The number of allylic oxidation sites excluding steroid dienone is 4. The van der Waals surface area contributed by atoms with Crippen LogP contribution in [0.25, 0.3) is 0 Å². The van der Waals surface area contributed by atoms with Crippen molar-refractivity contribution in [1.29, 1.82) is 0 Å². The highest BCUT2D eigenvalue weighted by atomic mass is 79.9. The van der Waals surface area contributed by atoms with E-state index >= 15 is 0 Å². The molecule has 1 aromatic rings. The van der Waals surface area contributed by atoms with E-state index in [-0.39, 0.29) is 5.78 Å². The first kappa shape index (κ1) is 18.1. The average molecular weight is 558 g/mol. The van der Waals surface area contributed by atoms with Gasteiger partial charge in [-0.1, -0.05) is 44.0 Å². The number of carbonyl (C=O) groups excluding carboxylic acids is 1. The van der Waals surface area contributed by atoms with Crippen molar-refractivity contribution < 1.29 is 9.90 Å². The third kappa shape index (κ3) is 2.30. The standard InChI is InChI=1S/C19H16Br3N3O2/c1-25-15-11-8(18(25)22)2-4-23-13(11)12-14(17(15)27)24-5-3-19(12)6-9(20)16(26)10(21)7-19/h6-7,16,24,26H,2-5H2,1H3. The Morgan fingerprint density at radius 1 is 1.30 bits per heavy atom. The van der Waals surface area contributed by atoms with Crippen molar-refractivity contribution >= 4 is 59.3 Å². The quantitative estimate of drug-likeness (QED) is 0.513. The van der Waals surface area contributed by atoms with E-state index < -0.39 is 11.5 Å². The third-order valence-corrected chi connectivity index (χ3v) is 8.17. The van der Waals surface area contributed by atoms with E-state index in [2.05, 4.69) is 53.1 Å². The van der Waals surface area contributed by atoms with Crippen LogP contribution in [0.15, 0.2) is 42.0 Å². The van der Waals surface area contributed by atoms with Gasteiger partial charge >= 0.3 is 0 Å². The minimum atomic E-state index is -0.709. The molecule has 2 aliphatic carbocycles. The Bertz CT molecular complexity index is 1030. The summed E-state index contributed by atoms with van der Waals surface area (Å²) in [7, 11) is 1.92. The smallest absolute Gasteiger partial charge is 0.226 e.